The van der Waals surface area contributed by atoms with Crippen molar-refractivity contribution in [2.24, 2.45) is 0 Å². The van der Waals surface area contributed by atoms with Crippen LogP contribution >= 0.6 is 11.6 Å². The largest absolute Gasteiger partial charge is 0.478 e. The standard InChI is InChI=1S/C7H7ClO4.C7H8O5/c2*1-7(2)11-4(3-5(8)9)6(10)12-7/h3H,1-2H3;3H,1-2H3,(H,8,9)/b2*4-3-. The van der Waals surface area contributed by atoms with Crippen LogP contribution in [0.3, 0.4) is 0 Å². The number of hydrogen-bond acceptors (Lipinski definition) is 8. The number of ether oxygens (including phenoxy) is 4. The van der Waals surface area contributed by atoms with Crippen LogP contribution in [0.1, 0.15) is 27.7 Å². The lowest BCUT2D eigenvalue weighted by molar-refractivity contribution is -0.160. The Balaban J connectivity index is 0.000000240. The molecule has 0 radical (unpaired) electrons. The summed E-state index contributed by atoms with van der Waals surface area (Å²) in [7, 11) is 0. The van der Waals surface area contributed by atoms with Gasteiger partial charge in [-0.25, -0.2) is 14.4 Å². The number of carboxylic acids is 1. The fourth-order valence-electron chi connectivity index (χ4n) is 1.59. The Kier molecular flexibility index (Phi) is 5.62. The molecule has 0 aliphatic carbocycles. The molecule has 0 unspecified atom stereocenters. The quantitative estimate of drug-likeness (QED) is 0.438. The Morgan fingerprint density at radius 2 is 1.25 bits per heavy atom. The molecule has 0 spiro atoms. The van der Waals surface area contributed by atoms with Gasteiger partial charge in [-0.05, 0) is 11.6 Å². The van der Waals surface area contributed by atoms with Gasteiger partial charge in [0.1, 0.15) is 0 Å². The van der Waals surface area contributed by atoms with Gasteiger partial charge in [-0.3, -0.25) is 4.79 Å². The smallest absolute Gasteiger partial charge is 0.377 e. The van der Waals surface area contributed by atoms with Crippen molar-refractivity contribution in [2.45, 2.75) is 39.3 Å². The average molecular weight is 363 g/mol. The van der Waals surface area contributed by atoms with E-state index in [0.29, 0.717) is 6.08 Å². The summed E-state index contributed by atoms with van der Waals surface area (Å²) in [5, 5.41) is 7.53. The molecule has 2 aliphatic rings. The lowest BCUT2D eigenvalue weighted by Crippen LogP contribution is -2.19. The molecule has 1 N–H and O–H groups in total. The number of cyclic esters (lactones) is 2. The van der Waals surface area contributed by atoms with Crippen LogP contribution < -0.4 is 0 Å². The fraction of sp³-hybridized carbons (Fsp3) is 0.429. The van der Waals surface area contributed by atoms with Crippen molar-refractivity contribution in [3.8, 4) is 0 Å². The normalized spacial score (nSPS) is 23.5. The number of esters is 2. The second-order valence-corrected chi connectivity index (χ2v) is 5.81. The van der Waals surface area contributed by atoms with Crippen LogP contribution in [0.25, 0.3) is 0 Å². The van der Waals surface area contributed by atoms with Crippen molar-refractivity contribution in [1.82, 2.24) is 0 Å². The number of allylic oxidation sites excluding steroid dienone is 1. The van der Waals surface area contributed by atoms with Crippen LogP contribution in [0.15, 0.2) is 23.7 Å². The van der Waals surface area contributed by atoms with Gasteiger partial charge in [0.2, 0.25) is 28.3 Å². The molecule has 0 bridgehead atoms. The zero-order valence-electron chi connectivity index (χ0n) is 13.2. The summed E-state index contributed by atoms with van der Waals surface area (Å²) in [6.07, 6.45) is 1.57. The minimum Gasteiger partial charge on any atom is -0.478 e. The van der Waals surface area contributed by atoms with Crippen molar-refractivity contribution >= 4 is 34.8 Å². The van der Waals surface area contributed by atoms with Gasteiger partial charge >= 0.3 is 17.9 Å². The highest BCUT2D eigenvalue weighted by atomic mass is 35.5. The number of hydrogen-bond donors (Lipinski definition) is 1. The van der Waals surface area contributed by atoms with Crippen molar-refractivity contribution < 1.29 is 43.2 Å². The Hall–Kier alpha value is -2.55. The van der Waals surface area contributed by atoms with Crippen LogP contribution in [-0.4, -0.2) is 39.8 Å². The second-order valence-electron chi connectivity index (χ2n) is 5.44. The molecule has 0 saturated carbocycles. The molecule has 2 saturated heterocycles. The molecule has 10 heteroatoms. The number of halogens is 1. The molecule has 0 atom stereocenters. The SMILES string of the molecule is CC1(C)OC(=O)/C(=C/C(=O)Cl)O1.CC1(C)OC(=O)/C(=C/C(=O)O)O1. The third-order valence-corrected chi connectivity index (χ3v) is 2.40. The van der Waals surface area contributed by atoms with E-state index in [0.717, 1.165) is 6.08 Å². The van der Waals surface area contributed by atoms with E-state index in [-0.39, 0.29) is 11.5 Å². The van der Waals surface area contributed by atoms with Crippen LogP contribution in [0.5, 0.6) is 0 Å². The highest BCUT2D eigenvalue weighted by Crippen LogP contribution is 2.26. The van der Waals surface area contributed by atoms with Crippen molar-refractivity contribution in [1.29, 1.82) is 0 Å². The first-order chi connectivity index (χ1) is 10.8. The average Bonchev–Trinajstić information content (AvgIpc) is 2.73. The molecular formula is C14H15ClO9. The number of rotatable bonds is 2. The highest BCUT2D eigenvalue weighted by Gasteiger charge is 2.38. The summed E-state index contributed by atoms with van der Waals surface area (Å²) in [5.74, 6) is -5.14. The lowest BCUT2D eigenvalue weighted by Gasteiger charge is -2.13. The zero-order valence-corrected chi connectivity index (χ0v) is 14.0. The Labute approximate surface area is 141 Å². The van der Waals surface area contributed by atoms with Crippen LogP contribution in [0, 0.1) is 0 Å². The van der Waals surface area contributed by atoms with Crippen LogP contribution in [0.2, 0.25) is 0 Å². The third-order valence-electron chi connectivity index (χ3n) is 2.29. The Morgan fingerprint density at radius 1 is 0.875 bits per heavy atom. The van der Waals surface area contributed by atoms with E-state index in [1.807, 2.05) is 0 Å². The van der Waals surface area contributed by atoms with Crippen LogP contribution in [-0.2, 0) is 38.1 Å². The molecule has 132 valence electrons. The summed E-state index contributed by atoms with van der Waals surface area (Å²) < 4.78 is 19.2. The van der Waals surface area contributed by atoms with Gasteiger partial charge in [-0.2, -0.15) is 0 Å². The minimum atomic E-state index is -1.24. The van der Waals surface area contributed by atoms with Gasteiger partial charge < -0.3 is 24.1 Å². The first-order valence-electron chi connectivity index (χ1n) is 6.52. The number of carbonyl (C=O) groups is 4. The van der Waals surface area contributed by atoms with E-state index in [1.165, 1.54) is 13.8 Å². The molecule has 24 heavy (non-hydrogen) atoms. The molecule has 0 aromatic heterocycles. The summed E-state index contributed by atoms with van der Waals surface area (Å²) in [6, 6.07) is 0. The molecule has 2 heterocycles. The van der Waals surface area contributed by atoms with Crippen molar-refractivity contribution in [2.75, 3.05) is 0 Å². The monoisotopic (exact) mass is 362 g/mol. The van der Waals surface area contributed by atoms with E-state index < -0.39 is 34.7 Å². The molecule has 2 rings (SSSR count). The second kappa shape index (κ2) is 6.91. The van der Waals surface area contributed by atoms with E-state index in [4.69, 9.17) is 30.9 Å². The maximum Gasteiger partial charge on any atom is 0.377 e. The molecule has 0 aromatic rings. The maximum atomic E-state index is 10.9. The molecule has 2 aliphatic heterocycles. The Morgan fingerprint density at radius 3 is 1.50 bits per heavy atom. The first-order valence-corrected chi connectivity index (χ1v) is 6.89. The number of carbonyl (C=O) groups excluding carboxylic acids is 3. The van der Waals surface area contributed by atoms with E-state index in [2.05, 4.69) is 4.74 Å². The first kappa shape index (κ1) is 19.5. The zero-order chi connectivity index (χ0) is 18.7. The van der Waals surface area contributed by atoms with Gasteiger partial charge in [0, 0.05) is 33.8 Å². The fourth-order valence-corrected chi connectivity index (χ4v) is 1.69. The molecule has 0 aromatic carbocycles. The van der Waals surface area contributed by atoms with Gasteiger partial charge in [0.05, 0.1) is 6.08 Å². The predicted octanol–water partition coefficient (Wildman–Crippen LogP) is 1.21. The van der Waals surface area contributed by atoms with Gasteiger partial charge in [-0.1, -0.05) is 0 Å². The third kappa shape index (κ3) is 5.92. The molecular weight excluding hydrogens is 348 g/mol. The highest BCUT2D eigenvalue weighted by molar-refractivity contribution is 6.66. The van der Waals surface area contributed by atoms with Gasteiger partial charge in [0.25, 0.3) is 0 Å². The maximum absolute atomic E-state index is 10.9. The van der Waals surface area contributed by atoms with Crippen molar-refractivity contribution in [3.05, 3.63) is 23.7 Å². The number of carboxylic acid groups (broad SMARTS) is 1. The Bertz CT molecular complexity index is 587. The van der Waals surface area contributed by atoms with E-state index in [1.54, 1.807) is 13.8 Å². The summed E-state index contributed by atoms with van der Waals surface area (Å²) in [5.41, 5.74) is 0. The number of aliphatic carboxylic acids is 1. The van der Waals surface area contributed by atoms with E-state index in [9.17, 15) is 19.2 Å². The van der Waals surface area contributed by atoms with Gasteiger partial charge in [0.15, 0.2) is 0 Å². The molecule has 2 fully saturated rings. The summed E-state index contributed by atoms with van der Waals surface area (Å²) in [4.78, 5) is 42.3. The lowest BCUT2D eigenvalue weighted by atomic mass is 10.4. The van der Waals surface area contributed by atoms with Crippen molar-refractivity contribution in [3.63, 3.8) is 0 Å². The van der Waals surface area contributed by atoms with Crippen LogP contribution in [0.4, 0.5) is 0 Å². The topological polar surface area (TPSA) is 125 Å². The predicted molar refractivity (Wildman–Crippen MR) is 77.2 cm³/mol. The summed E-state index contributed by atoms with van der Waals surface area (Å²) >= 11 is 5.01. The molecule has 9 nitrogen and oxygen atoms in total. The van der Waals surface area contributed by atoms with Gasteiger partial charge in [-0.15, -0.1) is 0 Å². The minimum absolute atomic E-state index is 0.153. The molecule has 0 amide bonds. The summed E-state index contributed by atoms with van der Waals surface area (Å²) in [6.45, 7) is 6.16. The van der Waals surface area contributed by atoms with E-state index >= 15 is 0 Å².